The average molecular weight is 358 g/mol. The van der Waals surface area contributed by atoms with Crippen molar-refractivity contribution in [1.82, 2.24) is 9.97 Å². The average Bonchev–Trinajstić information content (AvgIpc) is 3.31. The van der Waals surface area contributed by atoms with Gasteiger partial charge in [-0.2, -0.15) is 0 Å². The molecule has 2 aliphatic rings. The van der Waals surface area contributed by atoms with Crippen LogP contribution in [0.2, 0.25) is 0 Å². The number of esters is 1. The maximum Gasteiger partial charge on any atom is 0.335 e. The number of nitrogens with zero attached hydrogens (tertiary/aromatic N) is 3. The molecule has 6 heteroatoms. The molecular formula is C21H18N4O2. The van der Waals surface area contributed by atoms with Gasteiger partial charge in [-0.05, 0) is 54.3 Å². The fourth-order valence-corrected chi connectivity index (χ4v) is 3.86. The number of rotatable bonds is 3. The molecule has 27 heavy (non-hydrogen) atoms. The van der Waals surface area contributed by atoms with Crippen molar-refractivity contribution in [3.63, 3.8) is 0 Å². The van der Waals surface area contributed by atoms with Crippen LogP contribution < -0.4 is 15.0 Å². The topological polar surface area (TPSA) is 67.3 Å². The number of hydrogen-bond acceptors (Lipinski definition) is 6. The van der Waals surface area contributed by atoms with E-state index in [0.29, 0.717) is 5.75 Å². The highest BCUT2D eigenvalue weighted by atomic mass is 16.5. The van der Waals surface area contributed by atoms with Gasteiger partial charge in [-0.15, -0.1) is 0 Å². The highest BCUT2D eigenvalue weighted by Gasteiger charge is 2.26. The lowest BCUT2D eigenvalue weighted by atomic mass is 10.1. The summed E-state index contributed by atoms with van der Waals surface area (Å²) in [5.41, 5.74) is 5.94. The lowest BCUT2D eigenvalue weighted by Gasteiger charge is -2.20. The SMILES string of the molecule is C=CC(=O)Oc1ccc2ncnc(N3CCc4cc5c(cc43)CCN5)c2c1. The molecule has 1 aromatic heterocycles. The number of benzene rings is 2. The summed E-state index contributed by atoms with van der Waals surface area (Å²) in [4.78, 5) is 22.7. The molecule has 0 radical (unpaired) electrons. The first-order chi connectivity index (χ1) is 13.2. The van der Waals surface area contributed by atoms with E-state index in [2.05, 4.69) is 38.9 Å². The van der Waals surface area contributed by atoms with Gasteiger partial charge in [0.05, 0.1) is 5.52 Å². The standard InChI is InChI=1S/C21H18N4O2/c1-2-20(26)27-15-3-4-17-16(11-15)21(24-12-23-17)25-8-6-14-9-18-13(5-7-22-18)10-19(14)25/h2-4,9-12,22H,1,5-8H2. The minimum atomic E-state index is -0.484. The fraction of sp³-hybridized carbons (Fsp3) is 0.190. The zero-order chi connectivity index (χ0) is 18.4. The van der Waals surface area contributed by atoms with Crippen LogP contribution in [0.3, 0.4) is 0 Å². The smallest absolute Gasteiger partial charge is 0.335 e. The highest BCUT2D eigenvalue weighted by molar-refractivity contribution is 5.94. The van der Waals surface area contributed by atoms with Gasteiger partial charge in [-0.3, -0.25) is 0 Å². The van der Waals surface area contributed by atoms with Crippen LogP contribution in [0.1, 0.15) is 11.1 Å². The quantitative estimate of drug-likeness (QED) is 0.440. The van der Waals surface area contributed by atoms with Crippen LogP contribution in [0.4, 0.5) is 17.2 Å². The third-order valence-electron chi connectivity index (χ3n) is 5.14. The molecule has 0 saturated heterocycles. The van der Waals surface area contributed by atoms with Crippen LogP contribution >= 0.6 is 0 Å². The molecule has 0 amide bonds. The molecule has 0 bridgehead atoms. The van der Waals surface area contributed by atoms with Gasteiger partial charge >= 0.3 is 5.97 Å². The fourth-order valence-electron chi connectivity index (χ4n) is 3.86. The van der Waals surface area contributed by atoms with Crippen molar-refractivity contribution in [2.75, 3.05) is 23.3 Å². The number of carbonyl (C=O) groups excluding carboxylic acids is 1. The first-order valence-electron chi connectivity index (χ1n) is 8.99. The Labute approximate surface area is 156 Å². The molecule has 134 valence electrons. The molecule has 6 nitrogen and oxygen atoms in total. The van der Waals surface area contributed by atoms with Crippen LogP contribution in [-0.4, -0.2) is 29.0 Å². The third kappa shape index (κ3) is 2.61. The van der Waals surface area contributed by atoms with Crippen LogP contribution in [0.25, 0.3) is 10.9 Å². The molecule has 3 aromatic rings. The largest absolute Gasteiger partial charge is 0.423 e. The van der Waals surface area contributed by atoms with Crippen LogP contribution in [0.15, 0.2) is 49.3 Å². The van der Waals surface area contributed by atoms with E-state index in [1.807, 2.05) is 12.1 Å². The Bertz CT molecular complexity index is 1090. The minimum Gasteiger partial charge on any atom is -0.423 e. The van der Waals surface area contributed by atoms with Crippen molar-refractivity contribution in [3.05, 3.63) is 60.4 Å². The van der Waals surface area contributed by atoms with Crippen LogP contribution in [0, 0.1) is 0 Å². The molecule has 0 aliphatic carbocycles. The van der Waals surface area contributed by atoms with E-state index in [0.717, 1.165) is 48.7 Å². The van der Waals surface area contributed by atoms with E-state index >= 15 is 0 Å². The van der Waals surface area contributed by atoms with E-state index in [9.17, 15) is 4.79 Å². The lowest BCUT2D eigenvalue weighted by Crippen LogP contribution is -2.15. The van der Waals surface area contributed by atoms with Crippen molar-refractivity contribution < 1.29 is 9.53 Å². The van der Waals surface area contributed by atoms with Crippen molar-refractivity contribution >= 4 is 34.1 Å². The van der Waals surface area contributed by atoms with Gasteiger partial charge in [0.25, 0.3) is 0 Å². The summed E-state index contributed by atoms with van der Waals surface area (Å²) in [6, 6.07) is 9.93. The predicted octanol–water partition coefficient (Wildman–Crippen LogP) is 3.38. The molecule has 0 fully saturated rings. The van der Waals surface area contributed by atoms with E-state index in [1.165, 1.54) is 22.5 Å². The first-order valence-corrected chi connectivity index (χ1v) is 8.99. The summed E-state index contributed by atoms with van der Waals surface area (Å²) in [5, 5.41) is 4.30. The van der Waals surface area contributed by atoms with Gasteiger partial charge in [0, 0.05) is 35.9 Å². The van der Waals surface area contributed by atoms with E-state index in [4.69, 9.17) is 4.74 Å². The van der Waals surface area contributed by atoms with Gasteiger partial charge in [-0.25, -0.2) is 14.8 Å². The zero-order valence-corrected chi connectivity index (χ0v) is 14.7. The highest BCUT2D eigenvalue weighted by Crippen LogP contribution is 2.40. The summed E-state index contributed by atoms with van der Waals surface area (Å²) in [6.07, 6.45) is 4.75. The van der Waals surface area contributed by atoms with Crippen LogP contribution in [-0.2, 0) is 17.6 Å². The second-order valence-corrected chi connectivity index (χ2v) is 6.72. The van der Waals surface area contributed by atoms with Gasteiger partial charge in [-0.1, -0.05) is 6.58 Å². The number of fused-ring (bicyclic) bond motifs is 3. The van der Waals surface area contributed by atoms with Crippen molar-refractivity contribution in [2.24, 2.45) is 0 Å². The number of nitrogens with one attached hydrogen (secondary N) is 1. The lowest BCUT2D eigenvalue weighted by molar-refractivity contribution is -0.128. The Kier molecular flexibility index (Phi) is 3.57. The van der Waals surface area contributed by atoms with Gasteiger partial charge in [0.1, 0.15) is 17.9 Å². The Balaban J connectivity index is 1.61. The first kappa shape index (κ1) is 15.8. The molecular weight excluding hydrogens is 340 g/mol. The van der Waals surface area contributed by atoms with Gasteiger partial charge in [0.2, 0.25) is 0 Å². The monoisotopic (exact) mass is 358 g/mol. The molecule has 1 N–H and O–H groups in total. The summed E-state index contributed by atoms with van der Waals surface area (Å²) in [5.74, 6) is 0.810. The summed E-state index contributed by atoms with van der Waals surface area (Å²) in [6.45, 7) is 5.30. The van der Waals surface area contributed by atoms with E-state index < -0.39 is 5.97 Å². The van der Waals surface area contributed by atoms with Crippen LogP contribution in [0.5, 0.6) is 5.75 Å². The normalized spacial score (nSPS) is 14.6. The summed E-state index contributed by atoms with van der Waals surface area (Å²) < 4.78 is 5.28. The van der Waals surface area contributed by atoms with Gasteiger partial charge in [0.15, 0.2) is 0 Å². The molecule has 0 unspecified atom stereocenters. The van der Waals surface area contributed by atoms with E-state index in [-0.39, 0.29) is 0 Å². The number of carbonyl (C=O) groups is 1. The third-order valence-corrected chi connectivity index (χ3v) is 5.14. The minimum absolute atomic E-state index is 0.459. The summed E-state index contributed by atoms with van der Waals surface area (Å²) in [7, 11) is 0. The van der Waals surface area contributed by atoms with Crippen molar-refractivity contribution in [3.8, 4) is 5.75 Å². The van der Waals surface area contributed by atoms with E-state index in [1.54, 1.807) is 12.4 Å². The van der Waals surface area contributed by atoms with Gasteiger partial charge < -0.3 is 15.0 Å². The molecule has 2 aromatic carbocycles. The predicted molar refractivity (Wildman–Crippen MR) is 105 cm³/mol. The Morgan fingerprint density at radius 1 is 1.19 bits per heavy atom. The zero-order valence-electron chi connectivity index (χ0n) is 14.7. The molecule has 0 spiro atoms. The van der Waals surface area contributed by atoms with Crippen molar-refractivity contribution in [1.29, 1.82) is 0 Å². The maximum absolute atomic E-state index is 11.5. The number of hydrogen-bond donors (Lipinski definition) is 1. The second-order valence-electron chi connectivity index (χ2n) is 6.72. The Hall–Kier alpha value is -3.41. The number of anilines is 3. The Morgan fingerprint density at radius 2 is 2.11 bits per heavy atom. The molecule has 0 atom stereocenters. The second kappa shape index (κ2) is 6.09. The molecule has 5 rings (SSSR count). The summed E-state index contributed by atoms with van der Waals surface area (Å²) >= 11 is 0. The maximum atomic E-state index is 11.5. The molecule has 0 saturated carbocycles. The van der Waals surface area contributed by atoms with Crippen molar-refractivity contribution in [2.45, 2.75) is 12.8 Å². The number of aromatic nitrogens is 2. The number of ether oxygens (including phenoxy) is 1. The molecule has 3 heterocycles. The Morgan fingerprint density at radius 3 is 3.00 bits per heavy atom. The molecule has 2 aliphatic heterocycles.